The summed E-state index contributed by atoms with van der Waals surface area (Å²) in [6.07, 6.45) is 2.49. The third kappa shape index (κ3) is 1.33. The molecule has 0 aromatic carbocycles. The van der Waals surface area contributed by atoms with Crippen LogP contribution < -0.4 is 5.73 Å². The molecule has 15 heavy (non-hydrogen) atoms. The normalized spacial score (nSPS) is 33.5. The number of nitrogen functional groups attached to an aromatic ring is 1. The second-order valence-electron chi connectivity index (χ2n) is 3.91. The van der Waals surface area contributed by atoms with Gasteiger partial charge in [-0.25, -0.2) is 4.98 Å². The lowest BCUT2D eigenvalue weighted by Crippen LogP contribution is -2.25. The fourth-order valence-corrected chi connectivity index (χ4v) is 2.34. The highest BCUT2D eigenvalue weighted by atomic mass is 35.5. The van der Waals surface area contributed by atoms with Gasteiger partial charge in [0, 0.05) is 24.8 Å². The molecule has 0 saturated carbocycles. The third-order valence-corrected chi connectivity index (χ3v) is 3.25. The van der Waals surface area contributed by atoms with Gasteiger partial charge >= 0.3 is 0 Å². The Morgan fingerprint density at radius 1 is 1.60 bits per heavy atom. The van der Waals surface area contributed by atoms with Gasteiger partial charge in [-0.05, 0) is 6.07 Å². The number of nitrogens with two attached hydrogens (primary N) is 1. The molecule has 2 N–H and O–H groups in total. The van der Waals surface area contributed by atoms with E-state index in [0.717, 1.165) is 12.0 Å². The highest BCUT2D eigenvalue weighted by Gasteiger charge is 2.60. The summed E-state index contributed by atoms with van der Waals surface area (Å²) >= 11 is 5.91. The van der Waals surface area contributed by atoms with Crippen LogP contribution in [0.3, 0.4) is 0 Å². The van der Waals surface area contributed by atoms with Crippen LogP contribution in [0.15, 0.2) is 12.3 Å². The average molecular weight is 227 g/mol. The predicted molar refractivity (Wildman–Crippen MR) is 55.6 cm³/mol. The molecule has 2 atom stereocenters. The van der Waals surface area contributed by atoms with Gasteiger partial charge in [0.1, 0.15) is 17.5 Å². The van der Waals surface area contributed by atoms with Gasteiger partial charge in [-0.15, -0.1) is 0 Å². The van der Waals surface area contributed by atoms with E-state index in [9.17, 15) is 0 Å². The Balaban J connectivity index is 2.02. The number of fused-ring (bicyclic) bond motifs is 1. The molecule has 80 valence electrons. The van der Waals surface area contributed by atoms with Crippen molar-refractivity contribution < 1.29 is 9.47 Å². The Morgan fingerprint density at radius 3 is 3.27 bits per heavy atom. The maximum atomic E-state index is 5.91. The van der Waals surface area contributed by atoms with E-state index in [1.54, 1.807) is 6.20 Å². The summed E-state index contributed by atoms with van der Waals surface area (Å²) in [6, 6.07) is 1.84. The molecule has 0 bridgehead atoms. The van der Waals surface area contributed by atoms with E-state index >= 15 is 0 Å². The van der Waals surface area contributed by atoms with Crippen LogP contribution in [0.1, 0.15) is 12.0 Å². The molecule has 2 unspecified atom stereocenters. The number of aromatic nitrogens is 1. The van der Waals surface area contributed by atoms with Crippen molar-refractivity contribution in [3.05, 3.63) is 22.8 Å². The van der Waals surface area contributed by atoms with Crippen molar-refractivity contribution >= 4 is 17.4 Å². The summed E-state index contributed by atoms with van der Waals surface area (Å²) in [7, 11) is 0. The maximum Gasteiger partial charge on any atom is 0.129 e. The zero-order chi connectivity index (χ0) is 10.5. The maximum absolute atomic E-state index is 5.91. The van der Waals surface area contributed by atoms with Crippen LogP contribution in [0.25, 0.3) is 0 Å². The smallest absolute Gasteiger partial charge is 0.129 e. The van der Waals surface area contributed by atoms with Crippen LogP contribution in [0.2, 0.25) is 5.02 Å². The van der Waals surface area contributed by atoms with Gasteiger partial charge in [0.15, 0.2) is 0 Å². The first-order valence-corrected chi connectivity index (χ1v) is 5.27. The molecule has 0 amide bonds. The average Bonchev–Trinajstić information content (AvgIpc) is 2.97. The monoisotopic (exact) mass is 226 g/mol. The molecule has 1 aromatic rings. The number of halogens is 1. The molecule has 2 saturated heterocycles. The number of hydrogen-bond donors (Lipinski definition) is 1. The van der Waals surface area contributed by atoms with Gasteiger partial charge in [0.05, 0.1) is 11.6 Å². The minimum Gasteiger partial charge on any atom is -0.383 e. The van der Waals surface area contributed by atoms with E-state index in [2.05, 4.69) is 4.98 Å². The van der Waals surface area contributed by atoms with Crippen molar-refractivity contribution in [2.24, 2.45) is 0 Å². The highest BCUT2D eigenvalue weighted by Crippen LogP contribution is 2.52. The summed E-state index contributed by atoms with van der Waals surface area (Å²) in [5.74, 6) is 0.504. The second-order valence-corrected chi connectivity index (χ2v) is 4.34. The Bertz CT molecular complexity index is 412. The topological polar surface area (TPSA) is 60.7 Å². The first kappa shape index (κ1) is 9.39. The van der Waals surface area contributed by atoms with E-state index < -0.39 is 0 Å². The largest absolute Gasteiger partial charge is 0.383 e. The lowest BCUT2D eigenvalue weighted by atomic mass is 9.91. The van der Waals surface area contributed by atoms with Gasteiger partial charge in [0.2, 0.25) is 0 Å². The van der Waals surface area contributed by atoms with Crippen LogP contribution in [-0.2, 0) is 15.1 Å². The molecule has 2 aliphatic rings. The van der Waals surface area contributed by atoms with Crippen LogP contribution in [0, 0.1) is 0 Å². The molecule has 3 heterocycles. The number of nitrogens with zero attached hydrogens (tertiary/aromatic N) is 1. The molecule has 5 heteroatoms. The van der Waals surface area contributed by atoms with Crippen molar-refractivity contribution in [3.8, 4) is 0 Å². The molecule has 4 nitrogen and oxygen atoms in total. The molecule has 1 aromatic heterocycles. The fourth-order valence-electron chi connectivity index (χ4n) is 2.18. The Morgan fingerprint density at radius 2 is 2.47 bits per heavy atom. The summed E-state index contributed by atoms with van der Waals surface area (Å²) in [5, 5.41) is 0.592. The van der Waals surface area contributed by atoms with E-state index in [1.807, 2.05) is 6.07 Å². The summed E-state index contributed by atoms with van der Waals surface area (Å²) in [6.45, 7) is 1.33. The Kier molecular flexibility index (Phi) is 1.92. The molecule has 2 aliphatic heterocycles. The van der Waals surface area contributed by atoms with Crippen molar-refractivity contribution in [2.75, 3.05) is 18.9 Å². The van der Waals surface area contributed by atoms with Crippen LogP contribution in [-0.4, -0.2) is 24.3 Å². The molecule has 0 aliphatic carbocycles. The van der Waals surface area contributed by atoms with E-state index in [1.165, 1.54) is 0 Å². The van der Waals surface area contributed by atoms with Gasteiger partial charge in [-0.3, -0.25) is 0 Å². The minimum atomic E-state index is -0.278. The zero-order valence-corrected chi connectivity index (χ0v) is 8.83. The number of hydrogen-bond acceptors (Lipinski definition) is 4. The number of rotatable bonds is 1. The molecule has 0 spiro atoms. The molecular formula is C10H11ClN2O2. The van der Waals surface area contributed by atoms with Crippen molar-refractivity contribution in [1.29, 1.82) is 0 Å². The molecular weight excluding hydrogens is 216 g/mol. The van der Waals surface area contributed by atoms with E-state index in [0.29, 0.717) is 24.1 Å². The number of ether oxygens (including phenoxy) is 2. The van der Waals surface area contributed by atoms with Crippen LogP contribution in [0.5, 0.6) is 0 Å². The summed E-state index contributed by atoms with van der Waals surface area (Å²) in [4.78, 5) is 4.05. The van der Waals surface area contributed by atoms with Crippen LogP contribution >= 0.6 is 11.6 Å². The van der Waals surface area contributed by atoms with Gasteiger partial charge in [-0.1, -0.05) is 11.6 Å². The molecule has 3 rings (SSSR count). The summed E-state index contributed by atoms with van der Waals surface area (Å²) < 4.78 is 11.0. The third-order valence-electron chi connectivity index (χ3n) is 3.04. The van der Waals surface area contributed by atoms with Gasteiger partial charge in [0.25, 0.3) is 0 Å². The Labute approximate surface area is 92.3 Å². The lowest BCUT2D eigenvalue weighted by molar-refractivity contribution is 0.0975. The first-order chi connectivity index (χ1) is 7.22. The number of epoxide rings is 1. The lowest BCUT2D eigenvalue weighted by Gasteiger charge is -2.19. The number of anilines is 1. The first-order valence-electron chi connectivity index (χ1n) is 4.89. The fraction of sp³-hybridized carbons (Fsp3) is 0.500. The van der Waals surface area contributed by atoms with Gasteiger partial charge in [-0.2, -0.15) is 0 Å². The van der Waals surface area contributed by atoms with Crippen molar-refractivity contribution in [3.63, 3.8) is 0 Å². The van der Waals surface area contributed by atoms with E-state index in [4.69, 9.17) is 26.8 Å². The minimum absolute atomic E-state index is 0.119. The van der Waals surface area contributed by atoms with E-state index in [-0.39, 0.29) is 11.7 Å². The van der Waals surface area contributed by atoms with Gasteiger partial charge < -0.3 is 15.2 Å². The summed E-state index contributed by atoms with van der Waals surface area (Å²) in [5.41, 5.74) is 6.47. The quantitative estimate of drug-likeness (QED) is 0.734. The second kappa shape index (κ2) is 3.07. The number of pyridine rings is 1. The molecule has 2 fully saturated rings. The molecule has 0 radical (unpaired) electrons. The Hall–Kier alpha value is -0.840. The highest BCUT2D eigenvalue weighted by molar-refractivity contribution is 6.30. The van der Waals surface area contributed by atoms with Crippen molar-refractivity contribution in [2.45, 2.75) is 18.1 Å². The van der Waals surface area contributed by atoms with Crippen LogP contribution in [0.4, 0.5) is 5.82 Å². The standard InChI is InChI=1S/C10H11ClN2O2/c11-6-3-7(9(12)13-4-6)10-1-2-14-5-8(10)15-10/h3-4,8H,1-2,5H2,(H2,12,13). The SMILES string of the molecule is Nc1ncc(Cl)cc1C12CCOCC1O2. The zero-order valence-electron chi connectivity index (χ0n) is 8.07. The predicted octanol–water partition coefficient (Wildman–Crippen LogP) is 1.33. The van der Waals surface area contributed by atoms with Crippen molar-refractivity contribution in [1.82, 2.24) is 4.98 Å².